The van der Waals surface area contributed by atoms with Crippen LogP contribution in [0.1, 0.15) is 19.3 Å². The Labute approximate surface area is 90.5 Å². The van der Waals surface area contributed by atoms with Crippen molar-refractivity contribution >= 4 is 10.0 Å². The molecule has 0 spiro atoms. The van der Waals surface area contributed by atoms with Crippen molar-refractivity contribution in [3.8, 4) is 0 Å². The van der Waals surface area contributed by atoms with Gasteiger partial charge in [0.1, 0.15) is 0 Å². The SMILES string of the molecule is O=S1(=O)CCC[C@@H]2CCN1[C@@H](CO)CN2. The number of hydrogen-bond acceptors (Lipinski definition) is 4. The monoisotopic (exact) mass is 234 g/mol. The van der Waals surface area contributed by atoms with Gasteiger partial charge >= 0.3 is 0 Å². The zero-order valence-electron chi connectivity index (χ0n) is 8.72. The van der Waals surface area contributed by atoms with E-state index in [1.807, 2.05) is 0 Å². The zero-order chi connectivity index (χ0) is 10.9. The van der Waals surface area contributed by atoms with Gasteiger partial charge < -0.3 is 10.4 Å². The summed E-state index contributed by atoms with van der Waals surface area (Å²) in [5.74, 6) is 0.224. The molecule has 15 heavy (non-hydrogen) atoms. The normalized spacial score (nSPS) is 40.5. The van der Waals surface area contributed by atoms with Crippen molar-refractivity contribution in [2.45, 2.75) is 31.3 Å². The summed E-state index contributed by atoms with van der Waals surface area (Å²) in [6, 6.07) is 0.137. The van der Waals surface area contributed by atoms with E-state index in [1.54, 1.807) is 0 Å². The van der Waals surface area contributed by atoms with Gasteiger partial charge in [0.15, 0.2) is 0 Å². The Morgan fingerprint density at radius 2 is 2.20 bits per heavy atom. The van der Waals surface area contributed by atoms with Crippen LogP contribution in [-0.2, 0) is 10.0 Å². The second-order valence-electron chi connectivity index (χ2n) is 4.30. The lowest BCUT2D eigenvalue weighted by Crippen LogP contribution is -2.46. The van der Waals surface area contributed by atoms with Gasteiger partial charge in [-0.05, 0) is 19.3 Å². The third-order valence-electron chi connectivity index (χ3n) is 3.27. The number of rotatable bonds is 1. The molecule has 2 bridgehead atoms. The fourth-order valence-electron chi connectivity index (χ4n) is 2.37. The highest BCUT2D eigenvalue weighted by atomic mass is 32.2. The van der Waals surface area contributed by atoms with E-state index in [9.17, 15) is 13.5 Å². The molecule has 2 rings (SSSR count). The van der Waals surface area contributed by atoms with Crippen molar-refractivity contribution in [3.63, 3.8) is 0 Å². The van der Waals surface area contributed by atoms with E-state index >= 15 is 0 Å². The van der Waals surface area contributed by atoms with Gasteiger partial charge in [-0.25, -0.2) is 8.42 Å². The van der Waals surface area contributed by atoms with Crippen molar-refractivity contribution in [2.24, 2.45) is 0 Å². The van der Waals surface area contributed by atoms with E-state index in [0.29, 0.717) is 25.6 Å². The Kier molecular flexibility index (Phi) is 3.30. The first-order valence-corrected chi connectivity index (χ1v) is 7.08. The van der Waals surface area contributed by atoms with Crippen molar-refractivity contribution in [2.75, 3.05) is 25.4 Å². The van der Waals surface area contributed by atoms with Crippen LogP contribution >= 0.6 is 0 Å². The van der Waals surface area contributed by atoms with Gasteiger partial charge in [-0.1, -0.05) is 0 Å². The molecule has 0 amide bonds. The minimum Gasteiger partial charge on any atom is -0.395 e. The van der Waals surface area contributed by atoms with Crippen LogP contribution in [0.4, 0.5) is 0 Å². The Morgan fingerprint density at radius 1 is 1.40 bits per heavy atom. The van der Waals surface area contributed by atoms with Gasteiger partial charge in [0, 0.05) is 19.1 Å². The summed E-state index contributed by atoms with van der Waals surface area (Å²) >= 11 is 0. The van der Waals surface area contributed by atoms with Crippen LogP contribution in [0.3, 0.4) is 0 Å². The van der Waals surface area contributed by atoms with Crippen molar-refractivity contribution < 1.29 is 13.5 Å². The molecule has 1 unspecified atom stereocenters. The number of nitrogens with one attached hydrogen (secondary N) is 1. The van der Waals surface area contributed by atoms with E-state index in [0.717, 1.165) is 12.8 Å². The third kappa shape index (κ3) is 2.33. The highest BCUT2D eigenvalue weighted by molar-refractivity contribution is 7.89. The zero-order valence-corrected chi connectivity index (χ0v) is 9.54. The second-order valence-corrected chi connectivity index (χ2v) is 6.34. The fourth-order valence-corrected chi connectivity index (χ4v) is 4.11. The standard InChI is InChI=1S/C9H18N2O3S/c12-7-9-6-10-8-2-1-5-15(13,14)11(9)4-3-8/h8-10,12H,1-7H2/t8-,9-/m1/s1. The number of nitrogens with zero attached hydrogens (tertiary/aromatic N) is 1. The maximum Gasteiger partial charge on any atom is 0.214 e. The van der Waals surface area contributed by atoms with Crippen LogP contribution in [0.15, 0.2) is 0 Å². The fraction of sp³-hybridized carbons (Fsp3) is 1.00. The lowest BCUT2D eigenvalue weighted by atomic mass is 10.1. The Hall–Kier alpha value is -0.170. The molecule has 0 radical (unpaired) electrons. The molecule has 0 aliphatic carbocycles. The molecule has 0 aromatic rings. The topological polar surface area (TPSA) is 69.6 Å². The number of aliphatic hydroxyl groups is 1. The highest BCUT2D eigenvalue weighted by Gasteiger charge is 2.34. The Balaban J connectivity index is 2.27. The summed E-state index contributed by atoms with van der Waals surface area (Å²) in [5, 5.41) is 12.5. The molecule has 88 valence electrons. The molecule has 0 aromatic carbocycles. The van der Waals surface area contributed by atoms with E-state index in [4.69, 9.17) is 0 Å². The lowest BCUT2D eigenvalue weighted by molar-refractivity contribution is 0.193. The van der Waals surface area contributed by atoms with Crippen LogP contribution in [0.2, 0.25) is 0 Å². The van der Waals surface area contributed by atoms with Gasteiger partial charge in [-0.15, -0.1) is 0 Å². The van der Waals surface area contributed by atoms with Gasteiger partial charge in [0.25, 0.3) is 0 Å². The van der Waals surface area contributed by atoms with E-state index in [-0.39, 0.29) is 18.4 Å². The maximum atomic E-state index is 11.9. The summed E-state index contributed by atoms with van der Waals surface area (Å²) in [6.07, 6.45) is 2.50. The Morgan fingerprint density at radius 3 is 2.93 bits per heavy atom. The summed E-state index contributed by atoms with van der Waals surface area (Å²) in [5.41, 5.74) is 0. The molecule has 2 heterocycles. The molecule has 2 N–H and O–H groups in total. The number of fused-ring (bicyclic) bond motifs is 3. The predicted octanol–water partition coefficient (Wildman–Crippen LogP) is -0.865. The molecule has 6 heteroatoms. The van der Waals surface area contributed by atoms with Crippen LogP contribution in [0, 0.1) is 0 Å². The van der Waals surface area contributed by atoms with Gasteiger partial charge in [-0.3, -0.25) is 0 Å². The van der Waals surface area contributed by atoms with Crippen LogP contribution in [0.5, 0.6) is 0 Å². The first kappa shape index (κ1) is 11.3. The number of aliphatic hydroxyl groups excluding tert-OH is 1. The van der Waals surface area contributed by atoms with Crippen molar-refractivity contribution in [1.82, 2.24) is 9.62 Å². The molecular formula is C9H18N2O3S. The summed E-state index contributed by atoms with van der Waals surface area (Å²) in [4.78, 5) is 0. The number of sulfonamides is 1. The predicted molar refractivity (Wildman–Crippen MR) is 57.0 cm³/mol. The largest absolute Gasteiger partial charge is 0.395 e. The molecule has 2 fully saturated rings. The molecule has 2 aliphatic heterocycles. The molecule has 0 saturated carbocycles. The molecule has 2 aliphatic rings. The minimum absolute atomic E-state index is 0.0983. The Bertz CT molecular complexity index is 317. The smallest absolute Gasteiger partial charge is 0.214 e. The van der Waals surface area contributed by atoms with Crippen molar-refractivity contribution in [3.05, 3.63) is 0 Å². The average Bonchev–Trinajstić information content (AvgIpc) is 2.35. The highest BCUT2D eigenvalue weighted by Crippen LogP contribution is 2.20. The van der Waals surface area contributed by atoms with Gasteiger partial charge in [-0.2, -0.15) is 4.31 Å². The molecule has 2 saturated heterocycles. The van der Waals surface area contributed by atoms with Crippen LogP contribution < -0.4 is 5.32 Å². The first-order chi connectivity index (χ1) is 7.13. The van der Waals surface area contributed by atoms with E-state index in [1.165, 1.54) is 4.31 Å². The second kappa shape index (κ2) is 4.37. The molecule has 0 aromatic heterocycles. The van der Waals surface area contributed by atoms with Gasteiger partial charge in [0.2, 0.25) is 10.0 Å². The lowest BCUT2D eigenvalue weighted by Gasteiger charge is -2.27. The third-order valence-corrected chi connectivity index (χ3v) is 5.27. The quantitative estimate of drug-likeness (QED) is 0.619. The summed E-state index contributed by atoms with van der Waals surface area (Å²) in [6.45, 7) is 1.02. The van der Waals surface area contributed by atoms with Gasteiger partial charge in [0.05, 0.1) is 18.4 Å². The summed E-state index contributed by atoms with van der Waals surface area (Å²) < 4.78 is 25.3. The molecular weight excluding hydrogens is 216 g/mol. The molecule has 3 atom stereocenters. The van der Waals surface area contributed by atoms with E-state index < -0.39 is 10.0 Å². The van der Waals surface area contributed by atoms with Crippen LogP contribution in [0.25, 0.3) is 0 Å². The number of hydrogen-bond donors (Lipinski definition) is 2. The first-order valence-electron chi connectivity index (χ1n) is 5.47. The molecule has 5 nitrogen and oxygen atoms in total. The van der Waals surface area contributed by atoms with Crippen molar-refractivity contribution in [1.29, 1.82) is 0 Å². The maximum absolute atomic E-state index is 11.9. The van der Waals surface area contributed by atoms with E-state index in [2.05, 4.69) is 5.32 Å². The average molecular weight is 234 g/mol. The van der Waals surface area contributed by atoms with Crippen LogP contribution in [-0.4, -0.2) is 55.4 Å². The summed E-state index contributed by atoms with van der Waals surface area (Å²) in [7, 11) is -3.15. The minimum atomic E-state index is -3.15.